The summed E-state index contributed by atoms with van der Waals surface area (Å²) in [6.45, 7) is 1.04. The highest BCUT2D eigenvalue weighted by Crippen LogP contribution is 2.46. The van der Waals surface area contributed by atoms with Crippen molar-refractivity contribution in [2.75, 3.05) is 32.8 Å². The van der Waals surface area contributed by atoms with Gasteiger partial charge in [-0.15, -0.1) is 0 Å². The van der Waals surface area contributed by atoms with Gasteiger partial charge < -0.3 is 34.7 Å². The second kappa shape index (κ2) is 16.0. The van der Waals surface area contributed by atoms with E-state index in [2.05, 4.69) is 15.3 Å². The maximum absolute atomic E-state index is 14.1. The zero-order valence-electron chi connectivity index (χ0n) is 28.9. The predicted molar refractivity (Wildman–Crippen MR) is 179 cm³/mol. The van der Waals surface area contributed by atoms with E-state index in [9.17, 15) is 54.2 Å². The van der Waals surface area contributed by atoms with E-state index in [-0.39, 0.29) is 42.3 Å². The molecule has 0 bridgehead atoms. The number of alkyl carbamates (subject to hydrolysis) is 1. The standard InChI is InChI=1S/C34H39F7N4O8S/c1-19(2)15-45(16-27(46)26(12-20-6-4-3-5-7-20)44-31(48)53-28-17-52-30-22(28)10-11-51-30)54(49,50)21-8-9-25-23(13-21)24(29(47)43-25)14-42-18-32(35,36)33(37,38)34(39,40)41/h3-9,13-14,19,22,26-28,30,43,46-47H,10-12,15-18H2,1-2H3,(H,44,48)/t22?,26-,27+,28-,30?/m0/s1. The Labute approximate surface area is 305 Å². The number of aliphatic imine (C=N–C) groups is 1. The summed E-state index contributed by atoms with van der Waals surface area (Å²) in [5.74, 6) is -13.3. The minimum atomic E-state index is -6.56. The minimum Gasteiger partial charge on any atom is -0.494 e. The Morgan fingerprint density at radius 1 is 1.09 bits per heavy atom. The average molecular weight is 797 g/mol. The van der Waals surface area contributed by atoms with E-state index in [0.717, 1.165) is 16.4 Å². The van der Waals surface area contributed by atoms with E-state index >= 15 is 0 Å². The maximum atomic E-state index is 14.1. The van der Waals surface area contributed by atoms with Crippen molar-refractivity contribution in [3.05, 3.63) is 59.7 Å². The van der Waals surface area contributed by atoms with Gasteiger partial charge in [-0.05, 0) is 42.5 Å². The molecule has 2 saturated heterocycles. The normalized spacial score (nSPS) is 20.9. The molecule has 4 N–H and O–H groups in total. The number of alkyl halides is 7. The van der Waals surface area contributed by atoms with Crippen LogP contribution in [0.1, 0.15) is 31.4 Å². The van der Waals surface area contributed by atoms with Gasteiger partial charge in [0.2, 0.25) is 10.0 Å². The number of H-pyrrole nitrogens is 1. The fourth-order valence-electron chi connectivity index (χ4n) is 6.21. The average Bonchev–Trinajstić information content (AvgIpc) is 3.79. The van der Waals surface area contributed by atoms with Gasteiger partial charge in [-0.25, -0.2) is 13.2 Å². The van der Waals surface area contributed by atoms with E-state index in [1.165, 1.54) is 6.07 Å². The SMILES string of the molecule is CC(C)CN(C[C@@H](O)[C@H](Cc1ccccc1)NC(=O)O[C@H]1COC2OCCC21)S(=O)(=O)c1ccc2[nH]c(O)c(C=NCC(F)(F)C(F)(F)C(F)(F)F)c2c1. The zero-order valence-corrected chi connectivity index (χ0v) is 29.7. The Morgan fingerprint density at radius 2 is 1.80 bits per heavy atom. The number of hydrogen-bond acceptors (Lipinski definition) is 9. The number of aromatic nitrogens is 1. The number of aliphatic hydroxyl groups excluding tert-OH is 1. The van der Waals surface area contributed by atoms with Crippen molar-refractivity contribution in [3.8, 4) is 5.88 Å². The van der Waals surface area contributed by atoms with Crippen LogP contribution >= 0.6 is 0 Å². The number of aliphatic hydroxyl groups is 1. The van der Waals surface area contributed by atoms with Gasteiger partial charge in [0.05, 0.1) is 41.7 Å². The molecule has 1 amide bonds. The van der Waals surface area contributed by atoms with Crippen LogP contribution in [0.4, 0.5) is 35.5 Å². The third kappa shape index (κ3) is 8.93. The van der Waals surface area contributed by atoms with Gasteiger partial charge in [-0.3, -0.25) is 4.99 Å². The molecule has 2 unspecified atom stereocenters. The number of aromatic hydroxyl groups is 1. The van der Waals surface area contributed by atoms with E-state index in [1.54, 1.807) is 44.2 Å². The summed E-state index contributed by atoms with van der Waals surface area (Å²) in [6, 6.07) is 11.1. The van der Waals surface area contributed by atoms with Crippen molar-refractivity contribution in [1.82, 2.24) is 14.6 Å². The number of nitrogens with one attached hydrogen (secondary N) is 2. The third-order valence-electron chi connectivity index (χ3n) is 9.02. The molecule has 0 aliphatic carbocycles. The number of ether oxygens (including phenoxy) is 3. The summed E-state index contributed by atoms with van der Waals surface area (Å²) < 4.78 is 138. The summed E-state index contributed by atoms with van der Waals surface area (Å²) in [5.41, 5.74) is 0.294. The molecule has 2 aromatic carbocycles. The van der Waals surface area contributed by atoms with Crippen molar-refractivity contribution in [2.24, 2.45) is 16.8 Å². The van der Waals surface area contributed by atoms with Gasteiger partial charge in [0.25, 0.3) is 0 Å². The number of amides is 1. The molecular formula is C34H39F7N4O8S. The Morgan fingerprint density at radius 3 is 2.46 bits per heavy atom. The molecular weight excluding hydrogens is 757 g/mol. The third-order valence-corrected chi connectivity index (χ3v) is 10.8. The van der Waals surface area contributed by atoms with Gasteiger partial charge >= 0.3 is 24.1 Å². The number of carbonyl (C=O) groups is 1. The minimum absolute atomic E-state index is 0.0458. The molecule has 2 fully saturated rings. The van der Waals surface area contributed by atoms with E-state index < -0.39 is 88.1 Å². The highest BCUT2D eigenvalue weighted by Gasteiger charge is 2.72. The molecule has 3 heterocycles. The van der Waals surface area contributed by atoms with Crippen LogP contribution in [0.2, 0.25) is 0 Å². The number of halogens is 7. The summed E-state index contributed by atoms with van der Waals surface area (Å²) >= 11 is 0. The molecule has 0 spiro atoms. The molecule has 5 rings (SSSR count). The first-order chi connectivity index (χ1) is 25.2. The van der Waals surface area contributed by atoms with E-state index in [4.69, 9.17) is 14.2 Å². The maximum Gasteiger partial charge on any atom is 0.459 e. The lowest BCUT2D eigenvalue weighted by atomic mass is 10.0. The van der Waals surface area contributed by atoms with E-state index in [0.29, 0.717) is 24.8 Å². The summed E-state index contributed by atoms with van der Waals surface area (Å²) in [7, 11) is -4.52. The largest absolute Gasteiger partial charge is 0.494 e. The van der Waals surface area contributed by atoms with Gasteiger partial charge in [0, 0.05) is 30.2 Å². The van der Waals surface area contributed by atoms with Gasteiger partial charge in [-0.2, -0.15) is 35.0 Å². The highest BCUT2D eigenvalue weighted by molar-refractivity contribution is 7.89. The number of benzene rings is 2. The first kappa shape index (κ1) is 41.2. The Bertz CT molecular complexity index is 1910. The molecule has 2 aliphatic rings. The smallest absolute Gasteiger partial charge is 0.459 e. The van der Waals surface area contributed by atoms with Crippen LogP contribution in [0, 0.1) is 11.8 Å². The van der Waals surface area contributed by atoms with E-state index in [1.807, 2.05) is 0 Å². The highest BCUT2D eigenvalue weighted by atomic mass is 32.2. The topological polar surface area (TPSA) is 163 Å². The lowest BCUT2D eigenvalue weighted by Gasteiger charge is -2.31. The molecule has 54 heavy (non-hydrogen) atoms. The number of fused-ring (bicyclic) bond motifs is 2. The molecule has 0 radical (unpaired) electrons. The fraction of sp³-hybridized carbons (Fsp3) is 0.529. The van der Waals surface area contributed by atoms with Gasteiger partial charge in [0.1, 0.15) is 12.6 Å². The van der Waals surface area contributed by atoms with Crippen molar-refractivity contribution in [2.45, 2.75) is 74.1 Å². The fourth-order valence-corrected chi connectivity index (χ4v) is 7.86. The molecule has 0 saturated carbocycles. The zero-order chi connectivity index (χ0) is 39.6. The summed E-state index contributed by atoms with van der Waals surface area (Å²) in [4.78, 5) is 18.2. The molecule has 2 aliphatic heterocycles. The van der Waals surface area contributed by atoms with Crippen LogP contribution < -0.4 is 5.32 Å². The Balaban J connectivity index is 1.38. The van der Waals surface area contributed by atoms with Crippen molar-refractivity contribution in [3.63, 3.8) is 0 Å². The van der Waals surface area contributed by atoms with Crippen molar-refractivity contribution in [1.29, 1.82) is 0 Å². The molecule has 12 nitrogen and oxygen atoms in total. The predicted octanol–water partition coefficient (Wildman–Crippen LogP) is 5.23. The van der Waals surface area contributed by atoms with Crippen molar-refractivity contribution < 1.29 is 68.4 Å². The quantitative estimate of drug-likeness (QED) is 0.120. The number of aromatic amines is 1. The lowest BCUT2D eigenvalue weighted by Crippen LogP contribution is -2.53. The number of nitrogens with zero attached hydrogens (tertiary/aromatic N) is 2. The van der Waals surface area contributed by atoms with Crippen LogP contribution in [-0.2, 0) is 30.7 Å². The lowest BCUT2D eigenvalue weighted by molar-refractivity contribution is -0.351. The summed E-state index contributed by atoms with van der Waals surface area (Å²) in [6.07, 6.45) is -8.88. The number of sulfonamides is 1. The molecule has 5 atom stereocenters. The second-order valence-electron chi connectivity index (χ2n) is 13.5. The van der Waals surface area contributed by atoms with Crippen LogP contribution in [0.15, 0.2) is 58.4 Å². The summed E-state index contributed by atoms with van der Waals surface area (Å²) in [5, 5.41) is 24.4. The molecule has 3 aromatic rings. The second-order valence-corrected chi connectivity index (χ2v) is 15.5. The van der Waals surface area contributed by atoms with Crippen molar-refractivity contribution >= 4 is 33.2 Å². The molecule has 298 valence electrons. The van der Waals surface area contributed by atoms with Crippen LogP contribution in [0.3, 0.4) is 0 Å². The van der Waals surface area contributed by atoms with Gasteiger partial charge in [0.15, 0.2) is 12.2 Å². The first-order valence-electron chi connectivity index (χ1n) is 16.8. The molecule has 20 heteroatoms. The van der Waals surface area contributed by atoms with Crippen LogP contribution in [-0.4, -0.2) is 116 Å². The van der Waals surface area contributed by atoms with Crippen LogP contribution in [0.5, 0.6) is 5.88 Å². The number of hydrogen-bond donors (Lipinski definition) is 4. The van der Waals surface area contributed by atoms with Gasteiger partial charge in [-0.1, -0.05) is 44.2 Å². The Hall–Kier alpha value is -3.98. The number of rotatable bonds is 15. The molecule has 1 aromatic heterocycles. The Kier molecular flexibility index (Phi) is 12.2. The van der Waals surface area contributed by atoms with Crippen LogP contribution in [0.25, 0.3) is 10.9 Å². The monoisotopic (exact) mass is 796 g/mol. The number of carbonyl (C=O) groups excluding carboxylic acids is 1. The first-order valence-corrected chi connectivity index (χ1v) is 18.2.